The van der Waals surface area contributed by atoms with Crippen LogP contribution in [0.4, 0.5) is 0 Å². The summed E-state index contributed by atoms with van der Waals surface area (Å²) in [4.78, 5) is 0. The monoisotopic (exact) mass is 435 g/mol. The van der Waals surface area contributed by atoms with Gasteiger partial charge in [-0.3, -0.25) is 0 Å². The summed E-state index contributed by atoms with van der Waals surface area (Å²) in [5.41, 5.74) is 2.66. The molecule has 4 heteroatoms. The lowest BCUT2D eigenvalue weighted by molar-refractivity contribution is 0.598. The number of hydrogen-bond acceptors (Lipinski definition) is 2. The average Bonchev–Trinajstić information content (AvgIpc) is 2.88. The maximum Gasteiger partial charge on any atom is 0.0596 e. The van der Waals surface area contributed by atoms with Crippen molar-refractivity contribution in [1.82, 2.24) is 5.32 Å². The Hall–Kier alpha value is 0.0900. The van der Waals surface area contributed by atoms with Crippen molar-refractivity contribution in [3.63, 3.8) is 0 Å². The van der Waals surface area contributed by atoms with Crippen molar-refractivity contribution in [3.8, 4) is 0 Å². The Morgan fingerprint density at radius 2 is 2.22 bits per heavy atom. The van der Waals surface area contributed by atoms with E-state index in [1.54, 1.807) is 11.3 Å². The zero-order valence-corrected chi connectivity index (χ0v) is 14.7. The van der Waals surface area contributed by atoms with E-state index in [-0.39, 0.29) is 6.04 Å². The largest absolute Gasteiger partial charge is 0.306 e. The van der Waals surface area contributed by atoms with Crippen molar-refractivity contribution >= 4 is 49.9 Å². The summed E-state index contributed by atoms with van der Waals surface area (Å²) in [7, 11) is 0. The van der Waals surface area contributed by atoms with Crippen molar-refractivity contribution in [2.45, 2.75) is 19.4 Å². The number of rotatable bonds is 5. The molecule has 2 rings (SSSR count). The van der Waals surface area contributed by atoms with Crippen molar-refractivity contribution in [2.75, 3.05) is 6.54 Å². The lowest BCUT2D eigenvalue weighted by atomic mass is 10.0. The molecule has 1 unspecified atom stereocenters. The first kappa shape index (κ1) is 14.5. The first-order valence-electron chi connectivity index (χ1n) is 5.92. The molecule has 1 nitrogen and oxygen atoms in total. The number of benzene rings is 1. The fraction of sp³-hybridized carbons (Fsp3) is 0.286. The number of nitrogens with one attached hydrogen (secondary N) is 1. The molecule has 0 aliphatic heterocycles. The highest BCUT2D eigenvalue weighted by atomic mass is 127. The maximum atomic E-state index is 3.67. The second kappa shape index (κ2) is 7.03. The Labute approximate surface area is 134 Å². The van der Waals surface area contributed by atoms with Gasteiger partial charge in [0.1, 0.15) is 0 Å². The SMILES string of the molecule is CCCNC(c1ccsc1)c1cc(I)ccc1Br. The predicted molar refractivity (Wildman–Crippen MR) is 91.3 cm³/mol. The molecule has 0 aliphatic rings. The summed E-state index contributed by atoms with van der Waals surface area (Å²) in [6.07, 6.45) is 1.14. The molecule has 1 aromatic carbocycles. The van der Waals surface area contributed by atoms with E-state index in [1.165, 1.54) is 19.2 Å². The van der Waals surface area contributed by atoms with Crippen LogP contribution in [0.2, 0.25) is 0 Å². The van der Waals surface area contributed by atoms with Gasteiger partial charge in [-0.2, -0.15) is 11.3 Å². The summed E-state index contributed by atoms with van der Waals surface area (Å²) < 4.78 is 2.44. The van der Waals surface area contributed by atoms with Crippen molar-refractivity contribution < 1.29 is 0 Å². The van der Waals surface area contributed by atoms with Crippen LogP contribution in [0.1, 0.15) is 30.5 Å². The van der Waals surface area contributed by atoms with Crippen LogP contribution in [0.25, 0.3) is 0 Å². The van der Waals surface area contributed by atoms with Gasteiger partial charge in [0.25, 0.3) is 0 Å². The standard InChI is InChI=1S/C14H15BrINS/c1-2-6-17-14(10-5-7-18-9-10)12-8-11(16)3-4-13(12)15/h3-5,7-9,14,17H,2,6H2,1H3. The highest BCUT2D eigenvalue weighted by Gasteiger charge is 2.16. The second-order valence-corrected chi connectivity index (χ2v) is 6.99. The number of halogens is 2. The third-order valence-electron chi connectivity index (χ3n) is 2.74. The third-order valence-corrected chi connectivity index (χ3v) is 4.84. The van der Waals surface area contributed by atoms with E-state index in [0.29, 0.717) is 0 Å². The Balaban J connectivity index is 2.36. The molecular weight excluding hydrogens is 421 g/mol. The first-order valence-corrected chi connectivity index (χ1v) is 8.74. The third kappa shape index (κ3) is 3.56. The second-order valence-electron chi connectivity index (χ2n) is 4.11. The molecular formula is C14H15BrINS. The minimum atomic E-state index is 0.278. The average molecular weight is 436 g/mol. The van der Waals surface area contributed by atoms with Crippen LogP contribution < -0.4 is 5.32 Å². The molecule has 1 atom stereocenters. The van der Waals surface area contributed by atoms with Gasteiger partial charge in [-0.05, 0) is 81.7 Å². The van der Waals surface area contributed by atoms with Crippen LogP contribution in [-0.2, 0) is 0 Å². The van der Waals surface area contributed by atoms with E-state index >= 15 is 0 Å². The lowest BCUT2D eigenvalue weighted by Gasteiger charge is -2.20. The Kier molecular flexibility index (Phi) is 5.66. The Bertz CT molecular complexity index is 499. The molecule has 0 aliphatic carbocycles. The highest BCUT2D eigenvalue weighted by molar-refractivity contribution is 14.1. The molecule has 96 valence electrons. The predicted octanol–water partition coefficient (Wildman–Crippen LogP) is 5.20. The zero-order chi connectivity index (χ0) is 13.0. The van der Waals surface area contributed by atoms with Crippen LogP contribution in [0, 0.1) is 3.57 Å². The number of thiophene rings is 1. The van der Waals surface area contributed by atoms with Crippen LogP contribution in [0.15, 0.2) is 39.5 Å². The van der Waals surface area contributed by atoms with Crippen molar-refractivity contribution in [3.05, 3.63) is 54.2 Å². The van der Waals surface area contributed by atoms with E-state index in [9.17, 15) is 0 Å². The number of hydrogen-bond donors (Lipinski definition) is 1. The lowest BCUT2D eigenvalue weighted by Crippen LogP contribution is -2.23. The van der Waals surface area contributed by atoms with Crippen LogP contribution in [0.5, 0.6) is 0 Å². The van der Waals surface area contributed by atoms with E-state index < -0.39 is 0 Å². The van der Waals surface area contributed by atoms with Gasteiger partial charge in [-0.1, -0.05) is 22.9 Å². The molecule has 1 aromatic heterocycles. The fourth-order valence-electron chi connectivity index (χ4n) is 1.87. The van der Waals surface area contributed by atoms with Gasteiger partial charge >= 0.3 is 0 Å². The van der Waals surface area contributed by atoms with Gasteiger partial charge in [0.2, 0.25) is 0 Å². The molecule has 0 spiro atoms. The quantitative estimate of drug-likeness (QED) is 0.636. The van der Waals surface area contributed by atoms with Gasteiger partial charge in [-0.15, -0.1) is 0 Å². The van der Waals surface area contributed by atoms with Crippen LogP contribution >= 0.6 is 49.9 Å². The Morgan fingerprint density at radius 3 is 2.89 bits per heavy atom. The fourth-order valence-corrected chi connectivity index (χ4v) is 3.55. The van der Waals surface area contributed by atoms with Gasteiger partial charge < -0.3 is 5.32 Å². The summed E-state index contributed by atoms with van der Waals surface area (Å²) in [5.74, 6) is 0. The van der Waals surface area contributed by atoms with Crippen molar-refractivity contribution in [1.29, 1.82) is 0 Å². The van der Waals surface area contributed by atoms with Gasteiger partial charge in [0.05, 0.1) is 6.04 Å². The van der Waals surface area contributed by atoms with Gasteiger partial charge in [-0.25, -0.2) is 0 Å². The van der Waals surface area contributed by atoms with E-state index in [1.807, 2.05) is 0 Å². The van der Waals surface area contributed by atoms with Gasteiger partial charge in [0.15, 0.2) is 0 Å². The zero-order valence-electron chi connectivity index (χ0n) is 10.1. The molecule has 0 saturated heterocycles. The highest BCUT2D eigenvalue weighted by Crippen LogP contribution is 2.31. The van der Waals surface area contributed by atoms with Crippen LogP contribution in [0.3, 0.4) is 0 Å². The maximum absolute atomic E-state index is 3.67. The minimum absolute atomic E-state index is 0.278. The smallest absolute Gasteiger partial charge is 0.0596 e. The first-order chi connectivity index (χ1) is 8.72. The molecule has 2 aromatic rings. The van der Waals surface area contributed by atoms with Crippen molar-refractivity contribution in [2.24, 2.45) is 0 Å². The normalized spacial score (nSPS) is 12.6. The molecule has 18 heavy (non-hydrogen) atoms. The van der Waals surface area contributed by atoms with Crippen LogP contribution in [-0.4, -0.2) is 6.54 Å². The summed E-state index contributed by atoms with van der Waals surface area (Å²) in [6, 6.07) is 8.98. The van der Waals surface area contributed by atoms with Gasteiger partial charge in [0, 0.05) is 8.04 Å². The molecule has 1 heterocycles. The minimum Gasteiger partial charge on any atom is -0.306 e. The molecule has 0 radical (unpaired) electrons. The molecule has 1 N–H and O–H groups in total. The van der Waals surface area contributed by atoms with E-state index in [2.05, 4.69) is 85.8 Å². The topological polar surface area (TPSA) is 12.0 Å². The van der Waals surface area contributed by atoms with E-state index in [4.69, 9.17) is 0 Å². The molecule has 0 fully saturated rings. The molecule has 0 amide bonds. The summed E-state index contributed by atoms with van der Waals surface area (Å²) in [5, 5.41) is 7.99. The summed E-state index contributed by atoms with van der Waals surface area (Å²) in [6.45, 7) is 3.22. The summed E-state index contributed by atoms with van der Waals surface area (Å²) >= 11 is 7.78. The molecule has 0 bridgehead atoms. The van der Waals surface area contributed by atoms with E-state index in [0.717, 1.165) is 13.0 Å². The molecule has 0 saturated carbocycles. The Morgan fingerprint density at radius 1 is 1.39 bits per heavy atom.